The van der Waals surface area contributed by atoms with Gasteiger partial charge in [-0.1, -0.05) is 0 Å². The smallest absolute Gasteiger partial charge is 0.155 e. The molecule has 2 N–H and O–H groups in total. The first-order valence-electron chi connectivity index (χ1n) is 3.93. The molecule has 1 heterocycles. The molecule has 1 saturated heterocycles. The zero-order chi connectivity index (χ0) is 8.65. The van der Waals surface area contributed by atoms with Gasteiger partial charge in [-0.05, 0) is 26.7 Å². The molecule has 1 aliphatic rings. The molecule has 1 fully saturated rings. The van der Waals surface area contributed by atoms with Gasteiger partial charge in [0.05, 0.1) is 10.5 Å². The molecule has 0 spiro atoms. The van der Waals surface area contributed by atoms with E-state index in [4.69, 9.17) is 5.73 Å². The summed E-state index contributed by atoms with van der Waals surface area (Å²) in [7, 11) is -2.85. The summed E-state index contributed by atoms with van der Waals surface area (Å²) in [5.41, 5.74) is 5.67. The fourth-order valence-corrected chi connectivity index (χ4v) is 3.44. The Hall–Kier alpha value is 0.200. The molecular weight excluding hydrogens is 198 g/mol. The molecule has 0 amide bonds. The summed E-state index contributed by atoms with van der Waals surface area (Å²) in [5.74, 6) is 0. The first-order valence-corrected chi connectivity index (χ1v) is 5.54. The summed E-state index contributed by atoms with van der Waals surface area (Å²) >= 11 is 0. The van der Waals surface area contributed by atoms with Crippen molar-refractivity contribution in [1.82, 2.24) is 0 Å². The Labute approximate surface area is 80.0 Å². The number of hydrogen-bond acceptors (Lipinski definition) is 3. The zero-order valence-corrected chi connectivity index (χ0v) is 8.99. The Morgan fingerprint density at radius 2 is 1.50 bits per heavy atom. The second-order valence-corrected chi connectivity index (χ2v) is 6.23. The lowest BCUT2D eigenvalue weighted by Gasteiger charge is -2.28. The van der Waals surface area contributed by atoms with E-state index in [9.17, 15) is 8.42 Å². The molecule has 12 heavy (non-hydrogen) atoms. The lowest BCUT2D eigenvalue weighted by molar-refractivity contribution is 0.481. The number of nitrogens with two attached hydrogens (primary N) is 1. The molecule has 1 aliphatic heterocycles. The summed E-state index contributed by atoms with van der Waals surface area (Å²) < 4.78 is 22.8. The third kappa shape index (κ3) is 2.12. The van der Waals surface area contributed by atoms with Gasteiger partial charge in [-0.25, -0.2) is 8.42 Å². The minimum atomic E-state index is -2.85. The van der Waals surface area contributed by atoms with Crippen molar-refractivity contribution in [2.24, 2.45) is 5.73 Å². The Morgan fingerprint density at radius 1 is 1.17 bits per heavy atom. The van der Waals surface area contributed by atoms with E-state index >= 15 is 0 Å². The summed E-state index contributed by atoms with van der Waals surface area (Å²) in [5, 5.41) is -0.498. The Balaban J connectivity index is 0.00000121. The predicted molar refractivity (Wildman–Crippen MR) is 52.3 cm³/mol. The van der Waals surface area contributed by atoms with Gasteiger partial charge in [0.1, 0.15) is 0 Å². The van der Waals surface area contributed by atoms with Crippen LogP contribution in [0.1, 0.15) is 26.7 Å². The van der Waals surface area contributed by atoms with Crippen molar-refractivity contribution in [3.63, 3.8) is 0 Å². The van der Waals surface area contributed by atoms with Crippen molar-refractivity contribution in [2.45, 2.75) is 43.2 Å². The molecule has 74 valence electrons. The van der Waals surface area contributed by atoms with Gasteiger partial charge in [-0.3, -0.25) is 0 Å². The molecule has 0 saturated carbocycles. The van der Waals surface area contributed by atoms with Gasteiger partial charge in [0.15, 0.2) is 9.84 Å². The van der Waals surface area contributed by atoms with Crippen LogP contribution in [0.25, 0.3) is 0 Å². The van der Waals surface area contributed by atoms with Gasteiger partial charge in [0.2, 0.25) is 0 Å². The fourth-order valence-electron chi connectivity index (χ4n) is 1.61. The van der Waals surface area contributed by atoms with E-state index in [0.717, 1.165) is 0 Å². The maximum Gasteiger partial charge on any atom is 0.155 e. The van der Waals surface area contributed by atoms with Gasteiger partial charge >= 0.3 is 0 Å². The molecule has 3 atom stereocenters. The molecule has 5 heteroatoms. The van der Waals surface area contributed by atoms with Crippen molar-refractivity contribution in [3.8, 4) is 0 Å². The molecule has 0 aromatic rings. The Bertz CT molecular complexity index is 222. The van der Waals surface area contributed by atoms with Crippen LogP contribution in [0.4, 0.5) is 0 Å². The topological polar surface area (TPSA) is 60.2 Å². The van der Waals surface area contributed by atoms with Crippen LogP contribution in [0, 0.1) is 0 Å². The highest BCUT2D eigenvalue weighted by molar-refractivity contribution is 7.92. The van der Waals surface area contributed by atoms with E-state index in [-0.39, 0.29) is 28.9 Å². The van der Waals surface area contributed by atoms with Gasteiger partial charge in [-0.15, -0.1) is 12.4 Å². The number of sulfone groups is 1. The summed E-state index contributed by atoms with van der Waals surface area (Å²) in [6.07, 6.45) is 1.24. The Morgan fingerprint density at radius 3 is 1.83 bits per heavy atom. The van der Waals surface area contributed by atoms with E-state index in [1.807, 2.05) is 0 Å². The molecule has 1 unspecified atom stereocenters. The van der Waals surface area contributed by atoms with E-state index in [2.05, 4.69) is 0 Å². The summed E-state index contributed by atoms with van der Waals surface area (Å²) in [6.45, 7) is 3.48. The maximum atomic E-state index is 11.4. The predicted octanol–water partition coefficient (Wildman–Crippen LogP) is 0.721. The second-order valence-electron chi connectivity index (χ2n) is 3.44. The lowest BCUT2D eigenvalue weighted by atomic mass is 10.1. The largest absolute Gasteiger partial charge is 0.328 e. The van der Waals surface area contributed by atoms with Crippen LogP contribution in [-0.4, -0.2) is 25.0 Å². The lowest BCUT2D eigenvalue weighted by Crippen LogP contribution is -2.42. The molecule has 1 rings (SSSR count). The maximum absolute atomic E-state index is 11.4. The van der Waals surface area contributed by atoms with Crippen LogP contribution < -0.4 is 5.73 Å². The van der Waals surface area contributed by atoms with Gasteiger partial charge < -0.3 is 5.73 Å². The van der Waals surface area contributed by atoms with Crippen molar-refractivity contribution >= 4 is 22.2 Å². The average molecular weight is 214 g/mol. The first-order chi connectivity index (χ1) is 4.94. The van der Waals surface area contributed by atoms with E-state index in [0.29, 0.717) is 12.8 Å². The van der Waals surface area contributed by atoms with Crippen LogP contribution in [0.15, 0.2) is 0 Å². The first kappa shape index (κ1) is 12.2. The van der Waals surface area contributed by atoms with Gasteiger partial charge in [0.25, 0.3) is 0 Å². The van der Waals surface area contributed by atoms with Crippen molar-refractivity contribution in [1.29, 1.82) is 0 Å². The number of halogens is 1. The summed E-state index contributed by atoms with van der Waals surface area (Å²) in [6, 6.07) is 0.0727. The van der Waals surface area contributed by atoms with E-state index in [1.165, 1.54) is 0 Å². The number of rotatable bonds is 0. The van der Waals surface area contributed by atoms with Crippen molar-refractivity contribution in [2.75, 3.05) is 0 Å². The SMILES string of the molecule is C[C@@H]1CC(N)C[C@H](C)S1(=O)=O.Cl. The molecular formula is C7H16ClNO2S. The molecule has 0 aliphatic carbocycles. The summed E-state index contributed by atoms with van der Waals surface area (Å²) in [4.78, 5) is 0. The van der Waals surface area contributed by atoms with Crippen LogP contribution in [0.2, 0.25) is 0 Å². The minimum Gasteiger partial charge on any atom is -0.328 e. The molecule has 0 aromatic carbocycles. The van der Waals surface area contributed by atoms with Crippen LogP contribution in [0.3, 0.4) is 0 Å². The standard InChI is InChI=1S/C7H15NO2S.ClH/c1-5-3-7(8)4-6(2)11(5,9)10;/h5-7H,3-4,8H2,1-2H3;1H/t5-,6+,7?;. The third-order valence-corrected chi connectivity index (χ3v) is 5.02. The third-order valence-electron chi connectivity index (χ3n) is 2.39. The Kier molecular flexibility index (Phi) is 4.00. The van der Waals surface area contributed by atoms with Crippen LogP contribution in [-0.2, 0) is 9.84 Å². The van der Waals surface area contributed by atoms with Crippen LogP contribution >= 0.6 is 12.4 Å². The van der Waals surface area contributed by atoms with E-state index in [1.54, 1.807) is 13.8 Å². The average Bonchev–Trinajstić information content (AvgIpc) is 1.84. The molecule has 0 aromatic heterocycles. The minimum absolute atomic E-state index is 0. The molecule has 0 bridgehead atoms. The highest BCUT2D eigenvalue weighted by Crippen LogP contribution is 2.24. The van der Waals surface area contributed by atoms with Crippen LogP contribution in [0.5, 0.6) is 0 Å². The normalized spacial score (nSPS) is 40.1. The molecule has 3 nitrogen and oxygen atoms in total. The number of hydrogen-bond donors (Lipinski definition) is 1. The van der Waals surface area contributed by atoms with E-state index < -0.39 is 9.84 Å². The highest BCUT2D eigenvalue weighted by Gasteiger charge is 2.35. The van der Waals surface area contributed by atoms with Crippen molar-refractivity contribution < 1.29 is 8.42 Å². The van der Waals surface area contributed by atoms with Crippen molar-refractivity contribution in [3.05, 3.63) is 0 Å². The highest BCUT2D eigenvalue weighted by atomic mass is 35.5. The van der Waals surface area contributed by atoms with Gasteiger partial charge in [0, 0.05) is 6.04 Å². The molecule has 0 radical (unpaired) electrons. The van der Waals surface area contributed by atoms with Gasteiger partial charge in [-0.2, -0.15) is 0 Å². The quantitative estimate of drug-likeness (QED) is 0.645. The second kappa shape index (κ2) is 3.94. The monoisotopic (exact) mass is 213 g/mol. The fraction of sp³-hybridized carbons (Fsp3) is 1.00. The zero-order valence-electron chi connectivity index (χ0n) is 7.36.